The number of carbonyl (C=O) groups is 1. The predicted octanol–water partition coefficient (Wildman–Crippen LogP) is -0.376. The number of carbonyl (C=O) groups excluding carboxylic acids is 1. The van der Waals surface area contributed by atoms with E-state index in [1.807, 2.05) is 5.43 Å². The van der Waals surface area contributed by atoms with Crippen LogP contribution in [0, 0.1) is 0 Å². The third kappa shape index (κ3) is 2.05. The summed E-state index contributed by atoms with van der Waals surface area (Å²) in [6, 6.07) is 1.41. The largest absolute Gasteiger partial charge is 0.307 e. The molecule has 1 aromatic rings. The van der Waals surface area contributed by atoms with Crippen LogP contribution >= 0.6 is 11.6 Å². The summed E-state index contributed by atoms with van der Waals surface area (Å²) in [5, 5.41) is 0.253. The van der Waals surface area contributed by atoms with Crippen molar-refractivity contribution in [3.05, 3.63) is 22.8 Å². The van der Waals surface area contributed by atoms with Crippen LogP contribution in [0.25, 0.3) is 0 Å². The number of hydrogen-bond donors (Lipinski definition) is 4. The molecule has 1 amide bonds. The normalized spacial score (nSPS) is 9.46. The summed E-state index contributed by atoms with van der Waals surface area (Å²) < 4.78 is 0. The average molecular weight is 202 g/mol. The Balaban J connectivity index is 3.02. The second kappa shape index (κ2) is 4.04. The number of halogens is 1. The molecule has 0 aliphatic carbocycles. The third-order valence-electron chi connectivity index (χ3n) is 1.37. The lowest BCUT2D eigenvalue weighted by Crippen LogP contribution is -2.30. The molecule has 0 atom stereocenters. The second-order valence-corrected chi connectivity index (χ2v) is 2.58. The molecule has 0 aliphatic heterocycles. The fourth-order valence-electron chi connectivity index (χ4n) is 0.752. The molecule has 0 spiro atoms. The number of rotatable bonds is 2. The number of aromatic nitrogens is 1. The van der Waals surface area contributed by atoms with E-state index in [9.17, 15) is 4.79 Å². The summed E-state index contributed by atoms with van der Waals surface area (Å²) in [6.07, 6.45) is 1.31. The van der Waals surface area contributed by atoms with E-state index in [4.69, 9.17) is 23.3 Å². The van der Waals surface area contributed by atoms with E-state index < -0.39 is 5.91 Å². The van der Waals surface area contributed by atoms with Crippen molar-refractivity contribution in [2.75, 3.05) is 5.43 Å². The molecule has 0 unspecified atom stereocenters. The Hall–Kier alpha value is -1.37. The molecule has 1 aromatic heterocycles. The maximum absolute atomic E-state index is 11.0. The van der Waals surface area contributed by atoms with Gasteiger partial charge < -0.3 is 5.43 Å². The van der Waals surface area contributed by atoms with E-state index in [1.165, 1.54) is 12.3 Å². The number of nitrogen functional groups attached to an aromatic ring is 2. The molecule has 1 rings (SSSR count). The van der Waals surface area contributed by atoms with Crippen molar-refractivity contribution in [1.82, 2.24) is 10.4 Å². The number of nitrogens with zero attached hydrogens (tertiary/aromatic N) is 1. The van der Waals surface area contributed by atoms with Crippen molar-refractivity contribution in [2.24, 2.45) is 11.7 Å². The minimum absolute atomic E-state index is 0.253. The van der Waals surface area contributed by atoms with Gasteiger partial charge in [-0.05, 0) is 6.07 Å². The van der Waals surface area contributed by atoms with Crippen LogP contribution in [0.5, 0.6) is 0 Å². The summed E-state index contributed by atoms with van der Waals surface area (Å²) >= 11 is 5.70. The summed E-state index contributed by atoms with van der Waals surface area (Å²) in [5.41, 5.74) is 4.50. The number of amides is 1. The lowest BCUT2D eigenvalue weighted by atomic mass is 10.3. The molecule has 1 heterocycles. The maximum Gasteiger partial charge on any atom is 0.266 e. The van der Waals surface area contributed by atoms with Gasteiger partial charge in [0.1, 0.15) is 0 Å². The molecule has 0 saturated heterocycles. The van der Waals surface area contributed by atoms with Gasteiger partial charge in [0, 0.05) is 6.20 Å². The van der Waals surface area contributed by atoms with Gasteiger partial charge in [0.25, 0.3) is 5.91 Å². The highest BCUT2D eigenvalue weighted by molar-refractivity contribution is 6.33. The first-order valence-corrected chi connectivity index (χ1v) is 3.70. The predicted molar refractivity (Wildman–Crippen MR) is 48.7 cm³/mol. The molecule has 0 fully saturated rings. The Labute approximate surface area is 79.2 Å². The van der Waals surface area contributed by atoms with Crippen molar-refractivity contribution < 1.29 is 4.79 Å². The van der Waals surface area contributed by atoms with Gasteiger partial charge in [-0.2, -0.15) is 0 Å². The van der Waals surface area contributed by atoms with Crippen molar-refractivity contribution in [1.29, 1.82) is 0 Å². The Morgan fingerprint density at radius 2 is 2.23 bits per heavy atom. The zero-order valence-electron chi connectivity index (χ0n) is 6.54. The lowest BCUT2D eigenvalue weighted by Gasteiger charge is -2.03. The van der Waals surface area contributed by atoms with E-state index in [0.717, 1.165) is 0 Å². The monoisotopic (exact) mass is 201 g/mol. The summed E-state index contributed by atoms with van der Waals surface area (Å²) in [6.45, 7) is 0. The van der Waals surface area contributed by atoms with Crippen LogP contribution in [0.4, 0.5) is 5.82 Å². The number of hydrogen-bond acceptors (Lipinski definition) is 5. The smallest absolute Gasteiger partial charge is 0.266 e. The van der Waals surface area contributed by atoms with Gasteiger partial charge in [0.05, 0.1) is 10.6 Å². The highest BCUT2D eigenvalue weighted by atomic mass is 35.5. The summed E-state index contributed by atoms with van der Waals surface area (Å²) in [5.74, 6) is 9.84. The van der Waals surface area contributed by atoms with Gasteiger partial charge in [-0.3, -0.25) is 10.2 Å². The van der Waals surface area contributed by atoms with Crippen molar-refractivity contribution in [2.45, 2.75) is 0 Å². The fourth-order valence-corrected chi connectivity index (χ4v) is 0.973. The molecule has 0 saturated carbocycles. The van der Waals surface area contributed by atoms with Crippen LogP contribution in [0.15, 0.2) is 12.3 Å². The third-order valence-corrected chi connectivity index (χ3v) is 1.66. The molecule has 70 valence electrons. The van der Waals surface area contributed by atoms with E-state index in [2.05, 4.69) is 10.4 Å². The SMILES string of the molecule is NNC(=O)c1cnc(NN)c(Cl)c1. The van der Waals surface area contributed by atoms with Gasteiger partial charge >= 0.3 is 0 Å². The van der Waals surface area contributed by atoms with Gasteiger partial charge in [-0.1, -0.05) is 11.6 Å². The molecule has 7 heteroatoms. The molecule has 0 bridgehead atoms. The molecule has 0 radical (unpaired) electrons. The molecule has 6 N–H and O–H groups in total. The van der Waals surface area contributed by atoms with Gasteiger partial charge in [0.2, 0.25) is 0 Å². The number of nitrogens with one attached hydrogen (secondary N) is 2. The zero-order valence-corrected chi connectivity index (χ0v) is 7.30. The minimum atomic E-state index is -0.460. The van der Waals surface area contributed by atoms with E-state index in [0.29, 0.717) is 5.82 Å². The van der Waals surface area contributed by atoms with E-state index in [-0.39, 0.29) is 10.6 Å². The molecular formula is C6H8ClN5O. The van der Waals surface area contributed by atoms with Crippen molar-refractivity contribution in [3.8, 4) is 0 Å². The first kappa shape index (κ1) is 9.72. The molecule has 6 nitrogen and oxygen atoms in total. The van der Waals surface area contributed by atoms with E-state index >= 15 is 0 Å². The Morgan fingerprint density at radius 1 is 1.54 bits per heavy atom. The van der Waals surface area contributed by atoms with E-state index in [1.54, 1.807) is 0 Å². The number of anilines is 1. The first-order chi connectivity index (χ1) is 6.19. The second-order valence-electron chi connectivity index (χ2n) is 2.17. The fraction of sp³-hybridized carbons (Fsp3) is 0. The highest BCUT2D eigenvalue weighted by Crippen LogP contribution is 2.18. The number of nitrogens with two attached hydrogens (primary N) is 2. The van der Waals surface area contributed by atoms with Crippen LogP contribution < -0.4 is 22.5 Å². The van der Waals surface area contributed by atoms with Crippen LogP contribution in [-0.4, -0.2) is 10.9 Å². The van der Waals surface area contributed by atoms with Crippen molar-refractivity contribution >= 4 is 23.3 Å². The van der Waals surface area contributed by atoms with Gasteiger partial charge in [-0.15, -0.1) is 0 Å². The van der Waals surface area contributed by atoms with Crippen LogP contribution in [0.1, 0.15) is 10.4 Å². The van der Waals surface area contributed by atoms with Gasteiger partial charge in [0.15, 0.2) is 5.82 Å². The minimum Gasteiger partial charge on any atom is -0.307 e. The molecule has 13 heavy (non-hydrogen) atoms. The summed E-state index contributed by atoms with van der Waals surface area (Å²) in [4.78, 5) is 14.8. The molecule has 0 aromatic carbocycles. The van der Waals surface area contributed by atoms with Gasteiger partial charge in [-0.25, -0.2) is 16.7 Å². The Kier molecular flexibility index (Phi) is 3.02. The van der Waals surface area contributed by atoms with Crippen LogP contribution in [0.2, 0.25) is 5.02 Å². The quantitative estimate of drug-likeness (QED) is 0.297. The molecular weight excluding hydrogens is 194 g/mol. The topological polar surface area (TPSA) is 106 Å². The zero-order chi connectivity index (χ0) is 9.84. The Bertz CT molecular complexity index is 329. The van der Waals surface area contributed by atoms with Crippen LogP contribution in [-0.2, 0) is 0 Å². The summed E-state index contributed by atoms with van der Waals surface area (Å²) in [7, 11) is 0. The maximum atomic E-state index is 11.0. The standard InChI is InChI=1S/C6H8ClN5O/c7-4-1-3(6(13)12-9)2-10-5(4)11-8/h1-2H,8-9H2,(H,10,11)(H,12,13). The molecule has 0 aliphatic rings. The average Bonchev–Trinajstić information content (AvgIpc) is 2.16. The first-order valence-electron chi connectivity index (χ1n) is 3.32. The highest BCUT2D eigenvalue weighted by Gasteiger charge is 2.07. The Morgan fingerprint density at radius 3 is 2.69 bits per heavy atom. The van der Waals surface area contributed by atoms with Crippen LogP contribution in [0.3, 0.4) is 0 Å². The number of hydrazine groups is 2. The number of pyridine rings is 1. The lowest BCUT2D eigenvalue weighted by molar-refractivity contribution is 0.0953. The van der Waals surface area contributed by atoms with Crippen molar-refractivity contribution in [3.63, 3.8) is 0 Å².